The second kappa shape index (κ2) is 7.95. The fourth-order valence-electron chi connectivity index (χ4n) is 1.60. The molecule has 0 aliphatic carbocycles. The van der Waals surface area contributed by atoms with Crippen LogP contribution in [0.3, 0.4) is 0 Å². The minimum Gasteiger partial charge on any atom is -0.458 e. The Bertz CT molecular complexity index is 380. The first-order valence-corrected chi connectivity index (χ1v) is 6.84. The Morgan fingerprint density at radius 1 is 1.26 bits per heavy atom. The van der Waals surface area contributed by atoms with E-state index in [4.69, 9.17) is 10.5 Å². The van der Waals surface area contributed by atoms with Gasteiger partial charge in [0.2, 0.25) is 0 Å². The lowest BCUT2D eigenvalue weighted by Gasteiger charge is -2.26. The molecule has 0 aromatic heterocycles. The van der Waals surface area contributed by atoms with Crippen LogP contribution in [0.1, 0.15) is 45.7 Å². The summed E-state index contributed by atoms with van der Waals surface area (Å²) in [5.74, 6) is -0.359. The van der Waals surface area contributed by atoms with Crippen LogP contribution in [0.4, 0.5) is 0 Å². The van der Waals surface area contributed by atoms with Crippen LogP contribution in [0.15, 0.2) is 24.3 Å². The molecule has 2 N–H and O–H groups in total. The van der Waals surface area contributed by atoms with E-state index in [1.165, 1.54) is 5.56 Å². The van der Waals surface area contributed by atoms with Crippen LogP contribution >= 0.6 is 0 Å². The van der Waals surface area contributed by atoms with E-state index in [1.807, 2.05) is 34.6 Å². The second-order valence-corrected chi connectivity index (χ2v) is 5.13. The van der Waals surface area contributed by atoms with Crippen molar-refractivity contribution in [3.8, 4) is 0 Å². The van der Waals surface area contributed by atoms with Gasteiger partial charge in [-0.05, 0) is 33.3 Å². The summed E-state index contributed by atoms with van der Waals surface area (Å²) < 4.78 is 5.37. The molecule has 0 radical (unpaired) electrons. The van der Waals surface area contributed by atoms with Gasteiger partial charge in [-0.1, -0.05) is 43.7 Å². The molecular weight excluding hydrogens is 238 g/mol. The molecule has 1 unspecified atom stereocenters. The standard InChI is InChI=1S/C14H21NO2.C2H6/c1-10-5-7-12(8-6-10)9-14(3,4)17-13(16)11(2)15;1-2/h5-8,11H,9,15H2,1-4H3;1-2H3. The molecule has 0 aliphatic rings. The Hall–Kier alpha value is -1.35. The molecule has 0 saturated carbocycles. The van der Waals surface area contributed by atoms with Crippen molar-refractivity contribution >= 4 is 5.97 Å². The predicted octanol–water partition coefficient (Wildman–Crippen LogP) is 3.23. The van der Waals surface area contributed by atoms with E-state index in [0.717, 1.165) is 5.56 Å². The highest BCUT2D eigenvalue weighted by atomic mass is 16.6. The zero-order valence-electron chi connectivity index (χ0n) is 13.0. The number of benzene rings is 1. The van der Waals surface area contributed by atoms with E-state index in [1.54, 1.807) is 6.92 Å². The predicted molar refractivity (Wildman–Crippen MR) is 80.1 cm³/mol. The highest BCUT2D eigenvalue weighted by molar-refractivity contribution is 5.75. The monoisotopic (exact) mass is 265 g/mol. The number of carbonyl (C=O) groups is 1. The molecule has 3 heteroatoms. The molecule has 3 nitrogen and oxygen atoms in total. The van der Waals surface area contributed by atoms with Crippen LogP contribution in [-0.2, 0) is 16.0 Å². The molecule has 0 saturated heterocycles. The SMILES string of the molecule is CC.Cc1ccc(CC(C)(C)OC(=O)C(C)N)cc1. The highest BCUT2D eigenvalue weighted by Crippen LogP contribution is 2.18. The molecule has 0 amide bonds. The molecule has 108 valence electrons. The van der Waals surface area contributed by atoms with Crippen LogP contribution in [-0.4, -0.2) is 17.6 Å². The molecular formula is C16H27NO2. The first-order valence-electron chi connectivity index (χ1n) is 6.84. The highest BCUT2D eigenvalue weighted by Gasteiger charge is 2.24. The lowest BCUT2D eigenvalue weighted by molar-refractivity contribution is -0.157. The third-order valence-corrected chi connectivity index (χ3v) is 2.50. The summed E-state index contributed by atoms with van der Waals surface area (Å²) in [6, 6.07) is 7.64. The van der Waals surface area contributed by atoms with Gasteiger partial charge in [0, 0.05) is 6.42 Å². The van der Waals surface area contributed by atoms with E-state index < -0.39 is 11.6 Å². The summed E-state index contributed by atoms with van der Waals surface area (Å²) in [4.78, 5) is 11.5. The summed E-state index contributed by atoms with van der Waals surface area (Å²) in [5, 5.41) is 0. The quantitative estimate of drug-likeness (QED) is 0.850. The molecule has 0 fully saturated rings. The number of esters is 1. The Balaban J connectivity index is 0.00000154. The van der Waals surface area contributed by atoms with E-state index >= 15 is 0 Å². The smallest absolute Gasteiger partial charge is 0.323 e. The summed E-state index contributed by atoms with van der Waals surface area (Å²) >= 11 is 0. The molecule has 1 atom stereocenters. The average Bonchev–Trinajstić information content (AvgIpc) is 2.33. The zero-order chi connectivity index (χ0) is 15.1. The zero-order valence-corrected chi connectivity index (χ0v) is 13.0. The lowest BCUT2D eigenvalue weighted by Crippen LogP contribution is -2.38. The summed E-state index contributed by atoms with van der Waals surface area (Å²) in [7, 11) is 0. The fourth-order valence-corrected chi connectivity index (χ4v) is 1.60. The first-order chi connectivity index (χ1) is 8.80. The number of hydrogen-bond acceptors (Lipinski definition) is 3. The Morgan fingerprint density at radius 3 is 2.16 bits per heavy atom. The largest absolute Gasteiger partial charge is 0.458 e. The molecule has 1 aromatic carbocycles. The minimum atomic E-state index is -0.577. The first kappa shape index (κ1) is 17.6. The van der Waals surface area contributed by atoms with Gasteiger partial charge in [0.05, 0.1) is 0 Å². The van der Waals surface area contributed by atoms with E-state index in [0.29, 0.717) is 6.42 Å². The van der Waals surface area contributed by atoms with Gasteiger partial charge in [-0.2, -0.15) is 0 Å². The topological polar surface area (TPSA) is 52.3 Å². The normalized spacial score (nSPS) is 12.2. The molecule has 1 rings (SSSR count). The Kier molecular flexibility index (Phi) is 7.38. The molecule has 0 spiro atoms. The van der Waals surface area contributed by atoms with Crippen molar-refractivity contribution in [1.82, 2.24) is 0 Å². The third-order valence-electron chi connectivity index (χ3n) is 2.50. The van der Waals surface area contributed by atoms with Gasteiger partial charge < -0.3 is 10.5 Å². The van der Waals surface area contributed by atoms with Crippen molar-refractivity contribution in [2.75, 3.05) is 0 Å². The molecule has 19 heavy (non-hydrogen) atoms. The summed E-state index contributed by atoms with van der Waals surface area (Å²) in [6.45, 7) is 11.5. The van der Waals surface area contributed by atoms with Gasteiger partial charge in [-0.15, -0.1) is 0 Å². The molecule has 0 bridgehead atoms. The maximum Gasteiger partial charge on any atom is 0.323 e. The van der Waals surface area contributed by atoms with Crippen molar-refractivity contribution in [1.29, 1.82) is 0 Å². The molecule has 0 heterocycles. The maximum atomic E-state index is 11.5. The van der Waals surface area contributed by atoms with Crippen molar-refractivity contribution in [2.45, 2.75) is 59.6 Å². The van der Waals surface area contributed by atoms with Gasteiger partial charge in [0.1, 0.15) is 11.6 Å². The van der Waals surface area contributed by atoms with Crippen molar-refractivity contribution < 1.29 is 9.53 Å². The maximum absolute atomic E-state index is 11.5. The fraction of sp³-hybridized carbons (Fsp3) is 0.562. The van der Waals surface area contributed by atoms with Gasteiger partial charge in [0.25, 0.3) is 0 Å². The van der Waals surface area contributed by atoms with E-state index in [9.17, 15) is 4.79 Å². The third kappa shape index (κ3) is 6.97. The van der Waals surface area contributed by atoms with Gasteiger partial charge >= 0.3 is 5.97 Å². The van der Waals surface area contributed by atoms with E-state index in [2.05, 4.69) is 24.3 Å². The number of carbonyl (C=O) groups excluding carboxylic acids is 1. The minimum absolute atomic E-state index is 0.359. The molecule has 1 aromatic rings. The Morgan fingerprint density at radius 2 is 1.74 bits per heavy atom. The summed E-state index contributed by atoms with van der Waals surface area (Å²) in [6.07, 6.45) is 0.686. The van der Waals surface area contributed by atoms with Crippen LogP contribution < -0.4 is 5.73 Å². The average molecular weight is 265 g/mol. The number of rotatable bonds is 4. The Labute approximate surface area is 117 Å². The second-order valence-electron chi connectivity index (χ2n) is 5.13. The van der Waals surface area contributed by atoms with Crippen molar-refractivity contribution in [2.24, 2.45) is 5.73 Å². The van der Waals surface area contributed by atoms with Crippen LogP contribution in [0, 0.1) is 6.92 Å². The van der Waals surface area contributed by atoms with Crippen LogP contribution in [0.5, 0.6) is 0 Å². The van der Waals surface area contributed by atoms with Crippen molar-refractivity contribution in [3.05, 3.63) is 35.4 Å². The van der Waals surface area contributed by atoms with Crippen LogP contribution in [0.25, 0.3) is 0 Å². The van der Waals surface area contributed by atoms with Gasteiger partial charge in [-0.3, -0.25) is 4.79 Å². The van der Waals surface area contributed by atoms with Gasteiger partial charge in [0.15, 0.2) is 0 Å². The van der Waals surface area contributed by atoms with E-state index in [-0.39, 0.29) is 5.97 Å². The number of hydrogen-bond donors (Lipinski definition) is 1. The molecule has 0 aliphatic heterocycles. The summed E-state index contributed by atoms with van der Waals surface area (Å²) in [5.41, 5.74) is 7.33. The van der Waals surface area contributed by atoms with Crippen molar-refractivity contribution in [3.63, 3.8) is 0 Å². The van der Waals surface area contributed by atoms with Crippen LogP contribution in [0.2, 0.25) is 0 Å². The van der Waals surface area contributed by atoms with Gasteiger partial charge in [-0.25, -0.2) is 0 Å². The number of nitrogens with two attached hydrogens (primary N) is 1. The number of ether oxygens (including phenoxy) is 1. The number of aryl methyl sites for hydroxylation is 1. The lowest BCUT2D eigenvalue weighted by atomic mass is 9.97.